The van der Waals surface area contributed by atoms with Gasteiger partial charge in [0.15, 0.2) is 0 Å². The molecular formula is C15H23NO2. The van der Waals surface area contributed by atoms with Crippen LogP contribution in [-0.2, 0) is 9.59 Å². The highest BCUT2D eigenvalue weighted by atomic mass is 16.2. The van der Waals surface area contributed by atoms with Gasteiger partial charge in [-0.25, -0.2) is 0 Å². The molecule has 2 rings (SSSR count). The van der Waals surface area contributed by atoms with Gasteiger partial charge in [0, 0.05) is 18.2 Å². The molecule has 1 aliphatic carbocycles. The average Bonchev–Trinajstić information content (AvgIpc) is 2.86. The Bertz CT molecular complexity index is 344. The molecule has 1 fully saturated rings. The molecule has 0 aromatic carbocycles. The zero-order chi connectivity index (χ0) is 13.1. The van der Waals surface area contributed by atoms with E-state index < -0.39 is 0 Å². The van der Waals surface area contributed by atoms with Gasteiger partial charge in [-0.2, -0.15) is 0 Å². The number of hydrogen-bond donors (Lipinski definition) is 0. The van der Waals surface area contributed by atoms with Crippen molar-refractivity contribution in [3.63, 3.8) is 0 Å². The van der Waals surface area contributed by atoms with Crippen LogP contribution in [-0.4, -0.2) is 22.8 Å². The normalized spacial score (nSPS) is 31.7. The highest BCUT2D eigenvalue weighted by Crippen LogP contribution is 2.41. The monoisotopic (exact) mass is 249 g/mol. The molecule has 2 amide bonds. The number of amides is 2. The van der Waals surface area contributed by atoms with Gasteiger partial charge in [0.25, 0.3) is 11.8 Å². The van der Waals surface area contributed by atoms with Gasteiger partial charge in [0.1, 0.15) is 0 Å². The Morgan fingerprint density at radius 3 is 2.22 bits per heavy atom. The van der Waals surface area contributed by atoms with Gasteiger partial charge in [-0.15, -0.1) is 0 Å². The van der Waals surface area contributed by atoms with Crippen molar-refractivity contribution in [2.24, 2.45) is 11.8 Å². The standard InChI is InChI=1S/C15H23NO2/c1-3-5-11-7-8-13(12(11)6-4-2)16-14(17)9-10-15(16)18/h9-13H,3-8H2,1-2H3/t11-,12+,13-/m0/s1. The second kappa shape index (κ2) is 5.68. The van der Waals surface area contributed by atoms with E-state index in [1.807, 2.05) is 0 Å². The number of imide groups is 1. The minimum Gasteiger partial charge on any atom is -0.272 e. The summed E-state index contributed by atoms with van der Waals surface area (Å²) >= 11 is 0. The highest BCUT2D eigenvalue weighted by molar-refractivity contribution is 6.13. The van der Waals surface area contributed by atoms with E-state index in [0.717, 1.165) is 19.3 Å². The van der Waals surface area contributed by atoms with Crippen molar-refractivity contribution < 1.29 is 9.59 Å². The minimum absolute atomic E-state index is 0.108. The van der Waals surface area contributed by atoms with Crippen LogP contribution in [0.4, 0.5) is 0 Å². The van der Waals surface area contributed by atoms with Crippen LogP contribution in [0.15, 0.2) is 12.2 Å². The quantitative estimate of drug-likeness (QED) is 0.703. The van der Waals surface area contributed by atoms with Gasteiger partial charge < -0.3 is 0 Å². The van der Waals surface area contributed by atoms with Crippen molar-refractivity contribution in [3.05, 3.63) is 12.2 Å². The van der Waals surface area contributed by atoms with Crippen LogP contribution in [0.1, 0.15) is 52.4 Å². The molecule has 3 nitrogen and oxygen atoms in total. The lowest BCUT2D eigenvalue weighted by molar-refractivity contribution is -0.140. The van der Waals surface area contributed by atoms with Crippen molar-refractivity contribution in [2.75, 3.05) is 0 Å². The van der Waals surface area contributed by atoms with E-state index in [-0.39, 0.29) is 17.9 Å². The Morgan fingerprint density at radius 2 is 1.67 bits per heavy atom. The van der Waals surface area contributed by atoms with E-state index in [2.05, 4.69) is 13.8 Å². The van der Waals surface area contributed by atoms with E-state index in [4.69, 9.17) is 0 Å². The predicted molar refractivity (Wildman–Crippen MR) is 70.8 cm³/mol. The summed E-state index contributed by atoms with van der Waals surface area (Å²) in [4.78, 5) is 25.1. The first kappa shape index (κ1) is 13.3. The summed E-state index contributed by atoms with van der Waals surface area (Å²) in [7, 11) is 0. The maximum atomic E-state index is 11.8. The summed E-state index contributed by atoms with van der Waals surface area (Å²) < 4.78 is 0. The summed E-state index contributed by atoms with van der Waals surface area (Å²) in [6.07, 6.45) is 9.67. The first-order valence-electron chi connectivity index (χ1n) is 7.24. The topological polar surface area (TPSA) is 37.4 Å². The van der Waals surface area contributed by atoms with Gasteiger partial charge in [-0.05, 0) is 31.1 Å². The van der Waals surface area contributed by atoms with Crippen LogP contribution in [0.3, 0.4) is 0 Å². The van der Waals surface area contributed by atoms with Crippen LogP contribution in [0, 0.1) is 11.8 Å². The van der Waals surface area contributed by atoms with Crippen LogP contribution >= 0.6 is 0 Å². The van der Waals surface area contributed by atoms with Crippen molar-refractivity contribution in [1.29, 1.82) is 0 Å². The Hall–Kier alpha value is -1.12. The molecule has 3 heteroatoms. The third-order valence-electron chi connectivity index (χ3n) is 4.39. The Kier molecular flexibility index (Phi) is 4.20. The zero-order valence-corrected chi connectivity index (χ0v) is 11.4. The molecule has 1 aliphatic heterocycles. The number of carbonyl (C=O) groups excluding carboxylic acids is 2. The number of rotatable bonds is 5. The van der Waals surface area contributed by atoms with Gasteiger partial charge in [0.2, 0.25) is 0 Å². The second-order valence-electron chi connectivity index (χ2n) is 5.53. The molecule has 18 heavy (non-hydrogen) atoms. The fraction of sp³-hybridized carbons (Fsp3) is 0.733. The van der Waals surface area contributed by atoms with E-state index in [0.29, 0.717) is 11.8 Å². The molecule has 0 unspecified atom stereocenters. The van der Waals surface area contributed by atoms with Crippen molar-refractivity contribution in [3.8, 4) is 0 Å². The van der Waals surface area contributed by atoms with E-state index in [9.17, 15) is 9.59 Å². The van der Waals surface area contributed by atoms with Crippen LogP contribution in [0.2, 0.25) is 0 Å². The molecule has 0 aromatic heterocycles. The Morgan fingerprint density at radius 1 is 1.06 bits per heavy atom. The SMILES string of the molecule is CCC[C@H]1CC[C@H](N2C(=O)C=CC2=O)[C@@H]1CCC. The van der Waals surface area contributed by atoms with Crippen LogP contribution in [0.25, 0.3) is 0 Å². The molecule has 0 radical (unpaired) electrons. The van der Waals surface area contributed by atoms with Gasteiger partial charge >= 0.3 is 0 Å². The fourth-order valence-electron chi connectivity index (χ4n) is 3.68. The predicted octanol–water partition coefficient (Wildman–Crippen LogP) is 2.91. The van der Waals surface area contributed by atoms with E-state index >= 15 is 0 Å². The lowest BCUT2D eigenvalue weighted by atomic mass is 9.86. The molecular weight excluding hydrogens is 226 g/mol. The number of hydrogen-bond acceptors (Lipinski definition) is 2. The largest absolute Gasteiger partial charge is 0.272 e. The van der Waals surface area contributed by atoms with E-state index in [1.54, 1.807) is 0 Å². The fourth-order valence-corrected chi connectivity index (χ4v) is 3.68. The molecule has 0 bridgehead atoms. The molecule has 1 saturated carbocycles. The lowest BCUT2D eigenvalue weighted by Gasteiger charge is -2.30. The third kappa shape index (κ3) is 2.36. The maximum Gasteiger partial charge on any atom is 0.253 e. The van der Waals surface area contributed by atoms with Gasteiger partial charge in [-0.1, -0.05) is 33.1 Å². The summed E-state index contributed by atoms with van der Waals surface area (Å²) in [5.74, 6) is 0.996. The average molecular weight is 249 g/mol. The molecule has 0 saturated heterocycles. The van der Waals surface area contributed by atoms with Gasteiger partial charge in [-0.3, -0.25) is 14.5 Å². The molecule has 100 valence electrons. The summed E-state index contributed by atoms with van der Waals surface area (Å²) in [6.45, 7) is 4.40. The summed E-state index contributed by atoms with van der Waals surface area (Å²) in [6, 6.07) is 0.150. The van der Waals surface area contributed by atoms with Crippen LogP contribution < -0.4 is 0 Å². The minimum atomic E-state index is -0.108. The van der Waals surface area contributed by atoms with E-state index in [1.165, 1.54) is 36.3 Å². The first-order valence-corrected chi connectivity index (χ1v) is 7.24. The van der Waals surface area contributed by atoms with Crippen molar-refractivity contribution >= 4 is 11.8 Å². The number of carbonyl (C=O) groups is 2. The maximum absolute atomic E-state index is 11.8. The molecule has 0 aromatic rings. The number of nitrogens with zero attached hydrogens (tertiary/aromatic N) is 1. The smallest absolute Gasteiger partial charge is 0.253 e. The highest BCUT2D eigenvalue weighted by Gasteiger charge is 2.42. The van der Waals surface area contributed by atoms with Crippen molar-refractivity contribution in [2.45, 2.75) is 58.4 Å². The zero-order valence-electron chi connectivity index (χ0n) is 11.4. The Balaban J connectivity index is 2.12. The Labute approximate surface area is 109 Å². The molecule has 0 spiro atoms. The second-order valence-corrected chi connectivity index (χ2v) is 5.53. The van der Waals surface area contributed by atoms with Gasteiger partial charge in [0.05, 0.1) is 0 Å². The first-order chi connectivity index (χ1) is 8.69. The molecule has 2 aliphatic rings. The summed E-state index contributed by atoms with van der Waals surface area (Å²) in [5, 5.41) is 0. The lowest BCUT2D eigenvalue weighted by Crippen LogP contribution is -2.43. The molecule has 3 atom stereocenters. The molecule has 1 heterocycles. The summed E-state index contributed by atoms with van der Waals surface area (Å²) in [5.41, 5.74) is 0. The van der Waals surface area contributed by atoms with Crippen molar-refractivity contribution in [1.82, 2.24) is 4.90 Å². The third-order valence-corrected chi connectivity index (χ3v) is 4.39. The molecule has 0 N–H and O–H groups in total. The van der Waals surface area contributed by atoms with Crippen LogP contribution in [0.5, 0.6) is 0 Å².